The lowest BCUT2D eigenvalue weighted by Crippen LogP contribution is -2.17. The van der Waals surface area contributed by atoms with Crippen molar-refractivity contribution in [3.05, 3.63) is 28.8 Å². The van der Waals surface area contributed by atoms with E-state index < -0.39 is 28.8 Å². The molecule has 0 amide bonds. The summed E-state index contributed by atoms with van der Waals surface area (Å²) in [7, 11) is 0. The number of halogens is 3. The molecule has 96 valence electrons. The average molecular weight is 275 g/mol. The summed E-state index contributed by atoms with van der Waals surface area (Å²) in [6.07, 6.45) is -4.81. The van der Waals surface area contributed by atoms with Crippen LogP contribution in [0.15, 0.2) is 17.0 Å². The third kappa shape index (κ3) is 2.96. The summed E-state index contributed by atoms with van der Waals surface area (Å²) < 4.78 is 43.1. The van der Waals surface area contributed by atoms with Gasteiger partial charge in [0.05, 0.1) is 29.4 Å². The van der Waals surface area contributed by atoms with Crippen LogP contribution in [0.5, 0.6) is 0 Å². The van der Waals surface area contributed by atoms with Crippen LogP contribution in [0.2, 0.25) is 0 Å². The Balaban J connectivity index is 3.54. The first-order chi connectivity index (χ1) is 8.31. The van der Waals surface area contributed by atoms with Crippen LogP contribution in [0.25, 0.3) is 0 Å². The van der Waals surface area contributed by atoms with Crippen molar-refractivity contribution < 1.29 is 22.7 Å². The van der Waals surface area contributed by atoms with Crippen LogP contribution >= 0.6 is 12.6 Å². The molecule has 0 radical (unpaired) electrons. The van der Waals surface area contributed by atoms with Crippen LogP contribution in [0.3, 0.4) is 0 Å². The molecule has 0 heterocycles. The molecule has 1 aromatic rings. The van der Waals surface area contributed by atoms with E-state index in [9.17, 15) is 18.0 Å². The number of esters is 1. The summed E-state index contributed by atoms with van der Waals surface area (Å²) in [6.45, 7) is 1.41. The van der Waals surface area contributed by atoms with Gasteiger partial charge in [-0.25, -0.2) is 4.79 Å². The van der Waals surface area contributed by atoms with Crippen LogP contribution in [-0.4, -0.2) is 12.6 Å². The predicted molar refractivity (Wildman–Crippen MR) is 59.4 cm³/mol. The second-order valence-electron chi connectivity index (χ2n) is 3.25. The van der Waals surface area contributed by atoms with Crippen LogP contribution in [-0.2, 0) is 10.9 Å². The minimum absolute atomic E-state index is 0.0607. The summed E-state index contributed by atoms with van der Waals surface area (Å²) in [5, 5.41) is 8.71. The lowest BCUT2D eigenvalue weighted by Gasteiger charge is -2.14. The fourth-order valence-corrected chi connectivity index (χ4v) is 1.65. The number of hydrogen-bond donors (Lipinski definition) is 1. The second kappa shape index (κ2) is 5.31. The molecule has 1 aromatic carbocycles. The third-order valence-electron chi connectivity index (χ3n) is 2.02. The third-order valence-corrected chi connectivity index (χ3v) is 2.28. The number of nitrogens with zero attached hydrogens (tertiary/aromatic N) is 1. The molecule has 0 aliphatic carbocycles. The Labute approximate surface area is 107 Å². The van der Waals surface area contributed by atoms with Crippen LogP contribution in [0.1, 0.15) is 28.4 Å². The Kier molecular flexibility index (Phi) is 4.24. The largest absolute Gasteiger partial charge is 0.462 e. The fraction of sp³-hybridized carbons (Fsp3) is 0.273. The zero-order valence-electron chi connectivity index (χ0n) is 9.21. The van der Waals surface area contributed by atoms with Crippen LogP contribution in [0.4, 0.5) is 13.2 Å². The normalized spacial score (nSPS) is 10.9. The zero-order valence-corrected chi connectivity index (χ0v) is 10.1. The van der Waals surface area contributed by atoms with Gasteiger partial charge in [0.15, 0.2) is 0 Å². The molecule has 0 aromatic heterocycles. The van der Waals surface area contributed by atoms with Gasteiger partial charge in [-0.15, -0.1) is 12.6 Å². The van der Waals surface area contributed by atoms with E-state index in [0.29, 0.717) is 0 Å². The monoisotopic (exact) mass is 275 g/mol. The highest BCUT2D eigenvalue weighted by molar-refractivity contribution is 7.80. The molecule has 0 bridgehead atoms. The maximum absolute atomic E-state index is 12.8. The maximum Gasteiger partial charge on any atom is 0.418 e. The van der Waals surface area contributed by atoms with Crippen LogP contribution in [0, 0.1) is 11.3 Å². The maximum atomic E-state index is 12.8. The SMILES string of the molecule is CCOC(=O)c1cc(S)cc(C#N)c1C(F)(F)F. The molecule has 18 heavy (non-hydrogen) atoms. The van der Waals surface area contributed by atoms with Gasteiger partial charge in [-0.2, -0.15) is 18.4 Å². The number of benzene rings is 1. The van der Waals surface area contributed by atoms with E-state index in [-0.39, 0.29) is 11.5 Å². The number of ether oxygens (including phenoxy) is 1. The number of hydrogen-bond acceptors (Lipinski definition) is 4. The van der Waals surface area contributed by atoms with Gasteiger partial charge in [-0.1, -0.05) is 0 Å². The number of rotatable bonds is 2. The van der Waals surface area contributed by atoms with Crippen molar-refractivity contribution in [3.63, 3.8) is 0 Å². The number of thiol groups is 1. The van der Waals surface area contributed by atoms with E-state index in [0.717, 1.165) is 12.1 Å². The van der Waals surface area contributed by atoms with Crippen molar-refractivity contribution in [2.45, 2.75) is 18.0 Å². The van der Waals surface area contributed by atoms with Crippen molar-refractivity contribution in [1.29, 1.82) is 5.26 Å². The van der Waals surface area contributed by atoms with E-state index in [4.69, 9.17) is 5.26 Å². The molecule has 0 N–H and O–H groups in total. The van der Waals surface area contributed by atoms with Crippen molar-refractivity contribution in [2.75, 3.05) is 6.61 Å². The topological polar surface area (TPSA) is 50.1 Å². The lowest BCUT2D eigenvalue weighted by molar-refractivity contribution is -0.138. The molecule has 3 nitrogen and oxygen atoms in total. The Morgan fingerprint density at radius 3 is 2.56 bits per heavy atom. The molecule has 0 aliphatic rings. The second-order valence-corrected chi connectivity index (χ2v) is 3.76. The zero-order chi connectivity index (χ0) is 13.9. The molecule has 0 atom stereocenters. The molecular formula is C11H8F3NO2S. The minimum atomic E-state index is -4.81. The van der Waals surface area contributed by atoms with Crippen molar-refractivity contribution >= 4 is 18.6 Å². The number of carbonyl (C=O) groups is 1. The van der Waals surface area contributed by atoms with E-state index in [1.165, 1.54) is 13.0 Å². The van der Waals surface area contributed by atoms with Gasteiger partial charge in [0.25, 0.3) is 0 Å². The number of carbonyl (C=O) groups excluding carboxylic acids is 1. The molecule has 0 saturated heterocycles. The predicted octanol–water partition coefficient (Wildman–Crippen LogP) is 3.04. The Bertz CT molecular complexity index is 520. The van der Waals surface area contributed by atoms with Crippen molar-refractivity contribution in [2.24, 2.45) is 0 Å². The lowest BCUT2D eigenvalue weighted by atomic mass is 10.0. The molecule has 0 unspecified atom stereocenters. The Morgan fingerprint density at radius 1 is 1.50 bits per heavy atom. The van der Waals surface area contributed by atoms with Gasteiger partial charge in [-0.3, -0.25) is 0 Å². The fourth-order valence-electron chi connectivity index (χ4n) is 1.39. The highest BCUT2D eigenvalue weighted by atomic mass is 32.1. The molecular weight excluding hydrogens is 267 g/mol. The van der Waals surface area contributed by atoms with Crippen LogP contribution < -0.4 is 0 Å². The molecule has 0 spiro atoms. The molecule has 1 rings (SSSR count). The summed E-state index contributed by atoms with van der Waals surface area (Å²) in [5.74, 6) is -1.13. The van der Waals surface area contributed by atoms with Crippen molar-refractivity contribution in [3.8, 4) is 6.07 Å². The van der Waals surface area contributed by atoms with Gasteiger partial charge < -0.3 is 4.74 Å². The van der Waals surface area contributed by atoms with Gasteiger partial charge in [0.2, 0.25) is 0 Å². The first kappa shape index (κ1) is 14.4. The van der Waals surface area contributed by atoms with Crippen molar-refractivity contribution in [1.82, 2.24) is 0 Å². The highest BCUT2D eigenvalue weighted by Crippen LogP contribution is 2.36. The summed E-state index contributed by atoms with van der Waals surface area (Å²) in [6, 6.07) is 3.29. The highest BCUT2D eigenvalue weighted by Gasteiger charge is 2.38. The summed E-state index contributed by atoms with van der Waals surface area (Å²) in [5.41, 5.74) is -2.65. The smallest absolute Gasteiger partial charge is 0.418 e. The summed E-state index contributed by atoms with van der Waals surface area (Å²) >= 11 is 3.86. The number of nitriles is 1. The molecule has 0 aliphatic heterocycles. The minimum Gasteiger partial charge on any atom is -0.462 e. The standard InChI is InChI=1S/C11H8F3NO2S/c1-2-17-10(16)8-4-7(18)3-6(5-15)9(8)11(12,13)14/h3-4,18H,2H2,1H3. The number of alkyl halides is 3. The van der Waals surface area contributed by atoms with Gasteiger partial charge in [0, 0.05) is 4.90 Å². The average Bonchev–Trinajstić information content (AvgIpc) is 2.26. The summed E-state index contributed by atoms with van der Waals surface area (Å²) in [4.78, 5) is 11.6. The van der Waals surface area contributed by atoms with Gasteiger partial charge >= 0.3 is 12.1 Å². The first-order valence-corrected chi connectivity index (χ1v) is 5.27. The Hall–Kier alpha value is -1.68. The van der Waals surface area contributed by atoms with E-state index in [1.54, 1.807) is 0 Å². The Morgan fingerprint density at radius 2 is 2.11 bits per heavy atom. The quantitative estimate of drug-likeness (QED) is 0.666. The molecule has 0 saturated carbocycles. The van der Waals surface area contributed by atoms with Gasteiger partial charge in [-0.05, 0) is 19.1 Å². The first-order valence-electron chi connectivity index (χ1n) is 4.82. The van der Waals surface area contributed by atoms with E-state index >= 15 is 0 Å². The van der Waals surface area contributed by atoms with Gasteiger partial charge in [0.1, 0.15) is 0 Å². The molecule has 7 heteroatoms. The van der Waals surface area contributed by atoms with E-state index in [1.807, 2.05) is 0 Å². The molecule has 0 fully saturated rings. The van der Waals surface area contributed by atoms with E-state index in [2.05, 4.69) is 17.4 Å².